The van der Waals surface area contributed by atoms with Gasteiger partial charge in [-0.1, -0.05) is 26.2 Å². The van der Waals surface area contributed by atoms with Crippen LogP contribution in [0.5, 0.6) is 0 Å². The largest absolute Gasteiger partial charge is 0.312 e. The van der Waals surface area contributed by atoms with Crippen molar-refractivity contribution >= 4 is 0 Å². The first-order valence-electron chi connectivity index (χ1n) is 8.56. The SMILES string of the molecule is CCCn1ncnc1CC1(CNC(C)(C)C)CCCCC1. The molecule has 21 heavy (non-hydrogen) atoms. The number of nitrogens with one attached hydrogen (secondary N) is 1. The van der Waals surface area contributed by atoms with Crippen LogP contribution in [0, 0.1) is 5.41 Å². The van der Waals surface area contributed by atoms with Gasteiger partial charge in [0, 0.05) is 25.0 Å². The first-order valence-corrected chi connectivity index (χ1v) is 8.56. The first-order chi connectivity index (χ1) is 9.94. The number of hydrogen-bond donors (Lipinski definition) is 1. The minimum Gasteiger partial charge on any atom is -0.312 e. The molecule has 0 bridgehead atoms. The monoisotopic (exact) mass is 292 g/mol. The van der Waals surface area contributed by atoms with Crippen LogP contribution in [0.2, 0.25) is 0 Å². The Morgan fingerprint density at radius 1 is 1.24 bits per heavy atom. The molecule has 120 valence electrons. The maximum absolute atomic E-state index is 4.54. The Bertz CT molecular complexity index is 424. The molecule has 0 radical (unpaired) electrons. The molecule has 1 fully saturated rings. The van der Waals surface area contributed by atoms with Gasteiger partial charge >= 0.3 is 0 Å². The van der Waals surface area contributed by atoms with Gasteiger partial charge in [-0.2, -0.15) is 5.10 Å². The quantitative estimate of drug-likeness (QED) is 0.871. The van der Waals surface area contributed by atoms with Gasteiger partial charge in [0.05, 0.1) is 0 Å². The van der Waals surface area contributed by atoms with Gasteiger partial charge in [0.1, 0.15) is 12.2 Å². The average molecular weight is 292 g/mol. The molecule has 1 N–H and O–H groups in total. The molecule has 1 heterocycles. The van der Waals surface area contributed by atoms with E-state index in [9.17, 15) is 0 Å². The highest BCUT2D eigenvalue weighted by Crippen LogP contribution is 2.38. The van der Waals surface area contributed by atoms with E-state index in [1.807, 2.05) is 0 Å². The maximum Gasteiger partial charge on any atom is 0.138 e. The Morgan fingerprint density at radius 2 is 1.95 bits per heavy atom. The lowest BCUT2D eigenvalue weighted by Gasteiger charge is -2.39. The molecule has 1 aromatic heterocycles. The maximum atomic E-state index is 4.54. The minimum absolute atomic E-state index is 0.182. The second-order valence-electron chi connectivity index (χ2n) is 7.74. The Kier molecular flexibility index (Phi) is 5.42. The molecule has 1 saturated carbocycles. The number of aromatic nitrogens is 3. The van der Waals surface area contributed by atoms with Crippen LogP contribution in [0.4, 0.5) is 0 Å². The summed E-state index contributed by atoms with van der Waals surface area (Å²) >= 11 is 0. The number of nitrogens with zero attached hydrogens (tertiary/aromatic N) is 3. The Hall–Kier alpha value is -0.900. The van der Waals surface area contributed by atoms with Crippen molar-refractivity contribution in [2.75, 3.05) is 6.54 Å². The van der Waals surface area contributed by atoms with Crippen LogP contribution in [0.3, 0.4) is 0 Å². The van der Waals surface area contributed by atoms with Crippen LogP contribution < -0.4 is 5.32 Å². The lowest BCUT2D eigenvalue weighted by molar-refractivity contribution is 0.160. The van der Waals surface area contributed by atoms with E-state index < -0.39 is 0 Å². The number of rotatable bonds is 6. The molecule has 0 atom stereocenters. The molecule has 4 nitrogen and oxygen atoms in total. The van der Waals surface area contributed by atoms with E-state index in [1.54, 1.807) is 6.33 Å². The molecule has 4 heteroatoms. The molecule has 1 aromatic rings. The highest BCUT2D eigenvalue weighted by molar-refractivity contribution is 4.97. The van der Waals surface area contributed by atoms with E-state index in [1.165, 1.54) is 37.9 Å². The van der Waals surface area contributed by atoms with Crippen molar-refractivity contribution in [3.63, 3.8) is 0 Å². The highest BCUT2D eigenvalue weighted by atomic mass is 15.3. The van der Waals surface area contributed by atoms with E-state index in [0.717, 1.165) is 25.9 Å². The molecular formula is C17H32N4. The van der Waals surface area contributed by atoms with Gasteiger partial charge in [-0.3, -0.25) is 4.68 Å². The van der Waals surface area contributed by atoms with E-state index in [0.29, 0.717) is 5.41 Å². The van der Waals surface area contributed by atoms with Crippen LogP contribution in [0.15, 0.2) is 6.33 Å². The van der Waals surface area contributed by atoms with E-state index in [-0.39, 0.29) is 5.54 Å². The van der Waals surface area contributed by atoms with Crippen LogP contribution >= 0.6 is 0 Å². The summed E-state index contributed by atoms with van der Waals surface area (Å²) in [7, 11) is 0. The summed E-state index contributed by atoms with van der Waals surface area (Å²) in [6, 6.07) is 0. The molecule has 0 amide bonds. The zero-order valence-electron chi connectivity index (χ0n) is 14.3. The fourth-order valence-electron chi connectivity index (χ4n) is 3.33. The van der Waals surface area contributed by atoms with Gasteiger partial charge in [-0.15, -0.1) is 0 Å². The third-order valence-electron chi connectivity index (χ3n) is 4.57. The minimum atomic E-state index is 0.182. The fourth-order valence-corrected chi connectivity index (χ4v) is 3.33. The Morgan fingerprint density at radius 3 is 2.57 bits per heavy atom. The van der Waals surface area contributed by atoms with Crippen molar-refractivity contribution in [2.45, 2.75) is 84.7 Å². The Balaban J connectivity index is 2.10. The normalized spacial score (nSPS) is 18.9. The second-order valence-corrected chi connectivity index (χ2v) is 7.74. The predicted octanol–water partition coefficient (Wildman–Crippen LogP) is 3.57. The molecule has 1 aliphatic rings. The van der Waals surface area contributed by atoms with Crippen molar-refractivity contribution in [1.82, 2.24) is 20.1 Å². The number of aryl methyl sites for hydroxylation is 1. The summed E-state index contributed by atoms with van der Waals surface area (Å²) in [5, 5.41) is 8.14. The van der Waals surface area contributed by atoms with E-state index in [4.69, 9.17) is 0 Å². The van der Waals surface area contributed by atoms with Gasteiger partial charge in [0.15, 0.2) is 0 Å². The molecule has 2 rings (SSSR count). The third-order valence-corrected chi connectivity index (χ3v) is 4.57. The molecule has 0 aromatic carbocycles. The zero-order chi connectivity index (χ0) is 15.3. The van der Waals surface area contributed by atoms with Crippen molar-refractivity contribution in [3.8, 4) is 0 Å². The average Bonchev–Trinajstić information content (AvgIpc) is 2.85. The van der Waals surface area contributed by atoms with Crippen LogP contribution in [-0.4, -0.2) is 26.8 Å². The van der Waals surface area contributed by atoms with Crippen molar-refractivity contribution in [3.05, 3.63) is 12.2 Å². The summed E-state index contributed by atoms with van der Waals surface area (Å²) in [6.45, 7) is 11.0. The molecular weight excluding hydrogens is 260 g/mol. The lowest BCUT2D eigenvalue weighted by Crippen LogP contribution is -2.46. The van der Waals surface area contributed by atoms with Gasteiger partial charge in [0.2, 0.25) is 0 Å². The molecule has 0 saturated heterocycles. The van der Waals surface area contributed by atoms with Crippen LogP contribution in [0.1, 0.15) is 72.0 Å². The smallest absolute Gasteiger partial charge is 0.138 e. The molecule has 0 spiro atoms. The van der Waals surface area contributed by atoms with Gasteiger partial charge < -0.3 is 5.32 Å². The fraction of sp³-hybridized carbons (Fsp3) is 0.882. The summed E-state index contributed by atoms with van der Waals surface area (Å²) in [5.41, 5.74) is 0.547. The summed E-state index contributed by atoms with van der Waals surface area (Å²) in [5.74, 6) is 1.18. The Labute approximate surface area is 129 Å². The predicted molar refractivity (Wildman–Crippen MR) is 87.3 cm³/mol. The van der Waals surface area contributed by atoms with Crippen LogP contribution in [0.25, 0.3) is 0 Å². The van der Waals surface area contributed by atoms with Crippen molar-refractivity contribution in [2.24, 2.45) is 5.41 Å². The van der Waals surface area contributed by atoms with Crippen molar-refractivity contribution < 1.29 is 0 Å². The van der Waals surface area contributed by atoms with Gasteiger partial charge in [0.25, 0.3) is 0 Å². The van der Waals surface area contributed by atoms with E-state index in [2.05, 4.69) is 47.8 Å². The molecule has 0 unspecified atom stereocenters. The van der Waals surface area contributed by atoms with Crippen LogP contribution in [-0.2, 0) is 13.0 Å². The summed E-state index contributed by atoms with van der Waals surface area (Å²) in [4.78, 5) is 4.54. The second kappa shape index (κ2) is 6.91. The summed E-state index contributed by atoms with van der Waals surface area (Å²) < 4.78 is 2.10. The number of hydrogen-bond acceptors (Lipinski definition) is 3. The summed E-state index contributed by atoms with van der Waals surface area (Å²) in [6.07, 6.45) is 10.6. The first kappa shape index (κ1) is 16.5. The third kappa shape index (κ3) is 4.80. The lowest BCUT2D eigenvalue weighted by atomic mass is 9.71. The molecule has 0 aliphatic heterocycles. The van der Waals surface area contributed by atoms with Gasteiger partial charge in [-0.25, -0.2) is 4.98 Å². The van der Waals surface area contributed by atoms with E-state index >= 15 is 0 Å². The standard InChI is InChI=1S/C17H32N4/c1-5-11-21-15(18-14-20-21)12-17(9-7-6-8-10-17)13-19-16(2,3)4/h14,19H,5-13H2,1-4H3. The zero-order valence-corrected chi connectivity index (χ0v) is 14.3. The van der Waals surface area contributed by atoms with Gasteiger partial charge in [-0.05, 0) is 45.4 Å². The topological polar surface area (TPSA) is 42.7 Å². The highest BCUT2D eigenvalue weighted by Gasteiger charge is 2.34. The molecule has 1 aliphatic carbocycles. The van der Waals surface area contributed by atoms with Crippen molar-refractivity contribution in [1.29, 1.82) is 0 Å².